The molecule has 0 fully saturated rings. The van der Waals surface area contributed by atoms with Gasteiger partial charge in [-0.25, -0.2) is 4.98 Å². The van der Waals surface area contributed by atoms with Gasteiger partial charge in [0.25, 0.3) is 0 Å². The van der Waals surface area contributed by atoms with E-state index in [-0.39, 0.29) is 0 Å². The van der Waals surface area contributed by atoms with Crippen LogP contribution in [0.25, 0.3) is 0 Å². The highest BCUT2D eigenvalue weighted by Gasteiger charge is 1.95. The van der Waals surface area contributed by atoms with Gasteiger partial charge in [0.2, 0.25) is 5.88 Å². The summed E-state index contributed by atoms with van der Waals surface area (Å²) in [7, 11) is 1.57. The fraction of sp³-hybridized carbons (Fsp3) is 0.429. The van der Waals surface area contributed by atoms with E-state index in [0.717, 1.165) is 12.1 Å². The highest BCUT2D eigenvalue weighted by Crippen LogP contribution is 2.03. The number of rotatable bonds is 3. The third-order valence-electron chi connectivity index (χ3n) is 1.27. The molecule has 1 aromatic heterocycles. The van der Waals surface area contributed by atoms with Gasteiger partial charge in [0.1, 0.15) is 0 Å². The second-order valence-corrected chi connectivity index (χ2v) is 2.09. The van der Waals surface area contributed by atoms with Crippen LogP contribution in [-0.4, -0.2) is 23.6 Å². The first-order chi connectivity index (χ1) is 5.36. The Hall–Kier alpha value is -1.16. The van der Waals surface area contributed by atoms with Crippen LogP contribution < -0.4 is 10.5 Å². The van der Waals surface area contributed by atoms with Gasteiger partial charge in [0, 0.05) is 12.6 Å². The topological polar surface area (TPSA) is 61.0 Å². The Morgan fingerprint density at radius 1 is 1.55 bits per heavy atom. The SMILES string of the molecule is COc1cncc(CCN)n1. The van der Waals surface area contributed by atoms with Crippen LogP contribution in [0.2, 0.25) is 0 Å². The molecule has 0 aliphatic heterocycles. The van der Waals surface area contributed by atoms with Crippen LogP contribution in [0.15, 0.2) is 12.4 Å². The molecule has 1 heterocycles. The quantitative estimate of drug-likeness (QED) is 0.663. The summed E-state index contributed by atoms with van der Waals surface area (Å²) in [6, 6.07) is 0. The fourth-order valence-corrected chi connectivity index (χ4v) is 0.753. The maximum absolute atomic E-state index is 5.34. The van der Waals surface area contributed by atoms with Crippen LogP contribution in [0.4, 0.5) is 0 Å². The minimum absolute atomic E-state index is 0.538. The number of aromatic nitrogens is 2. The molecular weight excluding hydrogens is 142 g/mol. The summed E-state index contributed by atoms with van der Waals surface area (Å²) in [5.74, 6) is 0.538. The summed E-state index contributed by atoms with van der Waals surface area (Å²) in [4.78, 5) is 8.05. The van der Waals surface area contributed by atoms with Crippen molar-refractivity contribution in [3.05, 3.63) is 18.1 Å². The highest BCUT2D eigenvalue weighted by atomic mass is 16.5. The third-order valence-corrected chi connectivity index (χ3v) is 1.27. The largest absolute Gasteiger partial charge is 0.480 e. The van der Waals surface area contributed by atoms with Crippen molar-refractivity contribution in [3.8, 4) is 5.88 Å². The van der Waals surface area contributed by atoms with Gasteiger partial charge in [-0.1, -0.05) is 0 Å². The van der Waals surface area contributed by atoms with Gasteiger partial charge in [-0.2, -0.15) is 0 Å². The normalized spacial score (nSPS) is 9.64. The van der Waals surface area contributed by atoms with Crippen molar-refractivity contribution in [2.75, 3.05) is 13.7 Å². The Balaban J connectivity index is 2.74. The first-order valence-electron chi connectivity index (χ1n) is 3.42. The zero-order valence-electron chi connectivity index (χ0n) is 6.45. The molecule has 0 aliphatic rings. The van der Waals surface area contributed by atoms with Gasteiger partial charge >= 0.3 is 0 Å². The Labute approximate surface area is 65.4 Å². The Morgan fingerprint density at radius 3 is 3.00 bits per heavy atom. The molecule has 4 nitrogen and oxygen atoms in total. The molecule has 1 rings (SSSR count). The minimum atomic E-state index is 0.538. The van der Waals surface area contributed by atoms with Gasteiger partial charge in [0.05, 0.1) is 19.0 Å². The average molecular weight is 153 g/mol. The maximum atomic E-state index is 5.34. The average Bonchev–Trinajstić information content (AvgIpc) is 2.06. The highest BCUT2D eigenvalue weighted by molar-refractivity contribution is 5.08. The van der Waals surface area contributed by atoms with E-state index in [0.29, 0.717) is 12.4 Å². The van der Waals surface area contributed by atoms with Crippen LogP contribution in [0.1, 0.15) is 5.69 Å². The van der Waals surface area contributed by atoms with Gasteiger partial charge in [0.15, 0.2) is 0 Å². The number of nitrogens with zero attached hydrogens (tertiary/aromatic N) is 2. The lowest BCUT2D eigenvalue weighted by molar-refractivity contribution is 0.394. The van der Waals surface area contributed by atoms with Crippen LogP contribution in [0.5, 0.6) is 5.88 Å². The lowest BCUT2D eigenvalue weighted by Gasteiger charge is -1.99. The zero-order chi connectivity index (χ0) is 8.10. The zero-order valence-corrected chi connectivity index (χ0v) is 6.45. The van der Waals surface area contributed by atoms with E-state index in [1.807, 2.05) is 0 Å². The van der Waals surface area contributed by atoms with Crippen molar-refractivity contribution >= 4 is 0 Å². The van der Waals surface area contributed by atoms with Crippen LogP contribution in [-0.2, 0) is 6.42 Å². The molecule has 60 valence electrons. The number of hydrogen-bond acceptors (Lipinski definition) is 4. The van der Waals surface area contributed by atoms with Crippen LogP contribution >= 0.6 is 0 Å². The van der Waals surface area contributed by atoms with Crippen molar-refractivity contribution in [2.45, 2.75) is 6.42 Å². The molecule has 1 aromatic rings. The second-order valence-electron chi connectivity index (χ2n) is 2.09. The Bertz CT molecular complexity index is 227. The molecule has 0 saturated heterocycles. The monoisotopic (exact) mass is 153 g/mol. The van der Waals surface area contributed by atoms with Gasteiger partial charge in [-0.3, -0.25) is 4.98 Å². The molecule has 0 aromatic carbocycles. The fourth-order valence-electron chi connectivity index (χ4n) is 0.753. The number of hydrogen-bond donors (Lipinski definition) is 1. The predicted octanol–water partition coefficient (Wildman–Crippen LogP) is -0.0136. The number of methoxy groups -OCH3 is 1. The number of ether oxygens (including phenoxy) is 1. The van der Waals surface area contributed by atoms with E-state index in [2.05, 4.69) is 9.97 Å². The Morgan fingerprint density at radius 2 is 2.36 bits per heavy atom. The minimum Gasteiger partial charge on any atom is -0.480 e. The standard InChI is InChI=1S/C7H11N3O/c1-11-7-5-9-4-6(10-7)2-3-8/h4-5H,2-3,8H2,1H3. The van der Waals surface area contributed by atoms with Crippen LogP contribution in [0.3, 0.4) is 0 Å². The molecule has 0 saturated carbocycles. The summed E-state index contributed by atoms with van der Waals surface area (Å²) in [5, 5.41) is 0. The lowest BCUT2D eigenvalue weighted by atomic mass is 10.3. The predicted molar refractivity (Wildman–Crippen MR) is 41.3 cm³/mol. The maximum Gasteiger partial charge on any atom is 0.232 e. The second kappa shape index (κ2) is 3.88. The van der Waals surface area contributed by atoms with E-state index in [1.54, 1.807) is 19.5 Å². The van der Waals surface area contributed by atoms with Crippen molar-refractivity contribution < 1.29 is 4.74 Å². The molecule has 4 heteroatoms. The van der Waals surface area contributed by atoms with Crippen molar-refractivity contribution in [3.63, 3.8) is 0 Å². The van der Waals surface area contributed by atoms with Gasteiger partial charge in [-0.05, 0) is 6.54 Å². The Kier molecular flexibility index (Phi) is 2.80. The first-order valence-corrected chi connectivity index (χ1v) is 3.42. The molecule has 0 radical (unpaired) electrons. The summed E-state index contributed by atoms with van der Waals surface area (Å²) >= 11 is 0. The lowest BCUT2D eigenvalue weighted by Crippen LogP contribution is -2.05. The summed E-state index contributed by atoms with van der Waals surface area (Å²) in [6.07, 6.45) is 4.00. The van der Waals surface area contributed by atoms with E-state index >= 15 is 0 Å². The van der Waals surface area contributed by atoms with E-state index in [9.17, 15) is 0 Å². The first kappa shape index (κ1) is 7.94. The van der Waals surface area contributed by atoms with E-state index in [1.165, 1.54) is 0 Å². The van der Waals surface area contributed by atoms with Crippen molar-refractivity contribution in [1.82, 2.24) is 9.97 Å². The van der Waals surface area contributed by atoms with Crippen molar-refractivity contribution in [2.24, 2.45) is 5.73 Å². The molecule has 0 bridgehead atoms. The third kappa shape index (κ3) is 2.16. The molecule has 0 amide bonds. The molecule has 11 heavy (non-hydrogen) atoms. The summed E-state index contributed by atoms with van der Waals surface area (Å²) in [5.41, 5.74) is 6.21. The summed E-state index contributed by atoms with van der Waals surface area (Å²) in [6.45, 7) is 0.585. The summed E-state index contributed by atoms with van der Waals surface area (Å²) < 4.78 is 4.89. The molecular formula is C7H11N3O. The van der Waals surface area contributed by atoms with E-state index in [4.69, 9.17) is 10.5 Å². The molecule has 0 atom stereocenters. The molecule has 0 aliphatic carbocycles. The van der Waals surface area contributed by atoms with E-state index < -0.39 is 0 Å². The molecule has 2 N–H and O–H groups in total. The smallest absolute Gasteiger partial charge is 0.232 e. The van der Waals surface area contributed by atoms with Gasteiger partial charge < -0.3 is 10.5 Å². The van der Waals surface area contributed by atoms with Gasteiger partial charge in [-0.15, -0.1) is 0 Å². The van der Waals surface area contributed by atoms with Crippen molar-refractivity contribution in [1.29, 1.82) is 0 Å². The molecule has 0 spiro atoms. The molecule has 0 unspecified atom stereocenters. The number of nitrogens with two attached hydrogens (primary N) is 1. The van der Waals surface area contributed by atoms with Crippen LogP contribution in [0, 0.1) is 0 Å².